The van der Waals surface area contributed by atoms with Crippen LogP contribution in [0.25, 0.3) is 0 Å². The van der Waals surface area contributed by atoms with E-state index in [0.717, 1.165) is 49.7 Å². The number of methoxy groups -OCH3 is 1. The van der Waals surface area contributed by atoms with Gasteiger partial charge in [0, 0.05) is 49.5 Å². The van der Waals surface area contributed by atoms with Gasteiger partial charge in [0.15, 0.2) is 5.60 Å². The molecule has 53 heavy (non-hydrogen) atoms. The van der Waals surface area contributed by atoms with E-state index in [-0.39, 0.29) is 36.6 Å². The molecule has 6 N–H and O–H groups in total. The minimum Gasteiger partial charge on any atom is -0.447 e. The van der Waals surface area contributed by atoms with Gasteiger partial charge in [-0.25, -0.2) is 4.79 Å². The van der Waals surface area contributed by atoms with Crippen molar-refractivity contribution in [3.8, 4) is 0 Å². The molecule has 0 saturated heterocycles. The van der Waals surface area contributed by atoms with E-state index in [2.05, 4.69) is 18.3 Å². The summed E-state index contributed by atoms with van der Waals surface area (Å²) in [4.78, 5) is 27.2. The van der Waals surface area contributed by atoms with Crippen molar-refractivity contribution in [3.63, 3.8) is 0 Å². The smallest absolute Gasteiger partial charge is 0.332 e. The van der Waals surface area contributed by atoms with Crippen molar-refractivity contribution >= 4 is 12.3 Å². The first-order valence-electron chi connectivity index (χ1n) is 21.2. The molecule has 15 atom stereocenters. The Labute approximate surface area is 314 Å². The number of carbonyl (C=O) groups is 2. The van der Waals surface area contributed by atoms with Gasteiger partial charge in [-0.15, -0.1) is 0 Å². The second kappa shape index (κ2) is 12.7. The van der Waals surface area contributed by atoms with Crippen LogP contribution in [0.2, 0.25) is 0 Å². The van der Waals surface area contributed by atoms with Gasteiger partial charge in [-0.1, -0.05) is 38.7 Å². The Morgan fingerprint density at radius 1 is 0.962 bits per heavy atom. The number of carbonyl (C=O) groups excluding carboxylic acids is 2. The minimum atomic E-state index is -2.10. The number of hydrogen-bond donors (Lipinski definition) is 6. The van der Waals surface area contributed by atoms with Gasteiger partial charge < -0.3 is 45.1 Å². The number of nitrogens with one attached hydrogen (secondary N) is 1. The summed E-state index contributed by atoms with van der Waals surface area (Å²) in [5.74, 6) is -2.20. The van der Waals surface area contributed by atoms with Gasteiger partial charge in [0.25, 0.3) is 0 Å². The van der Waals surface area contributed by atoms with E-state index in [1.54, 1.807) is 13.2 Å². The molecule has 0 aromatic carbocycles. The van der Waals surface area contributed by atoms with E-state index in [1.165, 1.54) is 12.8 Å². The lowest BCUT2D eigenvalue weighted by atomic mass is 9.35. The Balaban J connectivity index is 1.16. The summed E-state index contributed by atoms with van der Waals surface area (Å²) in [7, 11) is 1.68. The van der Waals surface area contributed by atoms with Crippen LogP contribution in [-0.4, -0.2) is 99.2 Å². The molecule has 0 radical (unpaired) electrons. The zero-order valence-corrected chi connectivity index (χ0v) is 31.8. The average molecular weight is 738 g/mol. The van der Waals surface area contributed by atoms with Gasteiger partial charge >= 0.3 is 5.97 Å². The Kier molecular flexibility index (Phi) is 8.83. The first kappa shape index (κ1) is 36.9. The monoisotopic (exact) mass is 737 g/mol. The third-order valence-electron chi connectivity index (χ3n) is 18.1. The summed E-state index contributed by atoms with van der Waals surface area (Å²) < 4.78 is 11.5. The molecular formula is C43H63NO9. The summed E-state index contributed by atoms with van der Waals surface area (Å²) in [5, 5.41) is 69.1. The van der Waals surface area contributed by atoms with E-state index in [4.69, 9.17) is 9.47 Å². The number of aliphatic hydroxyl groups excluding tert-OH is 2. The van der Waals surface area contributed by atoms with Crippen molar-refractivity contribution in [2.45, 2.75) is 144 Å². The van der Waals surface area contributed by atoms with E-state index in [1.807, 2.05) is 0 Å². The molecule has 15 unspecified atom stereocenters. The maximum absolute atomic E-state index is 14.0. The van der Waals surface area contributed by atoms with E-state index < -0.39 is 63.2 Å². The second-order valence-corrected chi connectivity index (χ2v) is 19.4. The van der Waals surface area contributed by atoms with Crippen molar-refractivity contribution in [3.05, 3.63) is 23.3 Å². The molecule has 10 heteroatoms. The normalized spacial score (nSPS) is 51.8. The van der Waals surface area contributed by atoms with Crippen LogP contribution in [0.3, 0.4) is 0 Å². The highest BCUT2D eigenvalue weighted by Gasteiger charge is 2.85. The zero-order valence-electron chi connectivity index (χ0n) is 31.8. The Morgan fingerprint density at radius 3 is 2.51 bits per heavy atom. The van der Waals surface area contributed by atoms with Crippen molar-refractivity contribution < 1.29 is 44.6 Å². The summed E-state index contributed by atoms with van der Waals surface area (Å²) in [6, 6.07) is 0. The average Bonchev–Trinajstić information content (AvgIpc) is 3.80. The fourth-order valence-electron chi connectivity index (χ4n) is 15.9. The quantitative estimate of drug-likeness (QED) is 0.0889. The van der Waals surface area contributed by atoms with Crippen molar-refractivity contribution in [1.82, 2.24) is 5.32 Å². The van der Waals surface area contributed by atoms with Gasteiger partial charge in [0.05, 0.1) is 23.2 Å². The summed E-state index contributed by atoms with van der Waals surface area (Å²) in [6.45, 7) is 4.19. The molecule has 9 aliphatic rings. The molecule has 1 aliphatic heterocycles. The Bertz CT molecular complexity index is 1560. The number of fused-ring (bicyclic) bond motifs is 3. The first-order chi connectivity index (χ1) is 25.4. The van der Waals surface area contributed by atoms with Crippen LogP contribution in [0.15, 0.2) is 23.3 Å². The van der Waals surface area contributed by atoms with Crippen LogP contribution < -0.4 is 5.32 Å². The lowest BCUT2D eigenvalue weighted by Crippen LogP contribution is -2.85. The van der Waals surface area contributed by atoms with Crippen LogP contribution >= 0.6 is 0 Å². The molecule has 0 aromatic heterocycles. The third kappa shape index (κ3) is 4.52. The van der Waals surface area contributed by atoms with Gasteiger partial charge in [0.2, 0.25) is 0 Å². The molecule has 7 saturated carbocycles. The van der Waals surface area contributed by atoms with E-state index in [9.17, 15) is 35.1 Å². The number of hydrogen-bond acceptors (Lipinski definition) is 10. The number of aliphatic hydroxyl groups is 5. The van der Waals surface area contributed by atoms with Crippen LogP contribution in [0.5, 0.6) is 0 Å². The number of rotatable bonds is 9. The standard InChI is InChI=1S/C43H63NO9/c1-25(26-7-3-4-8-26)27-9-10-30-33(46)11-15-39(24-45)34-12-16-38-13-5-14-40-29(23-44-17-6-18-52-2)19-28(36(38)31(40)21-35(47)53-40)22-41(38,49)43(34,51)37(48)32(20-27)42(30,39)50/h19,21,24-28,30,32-34,36-37,44,46,48-51H,3-18,20,22-23H2,1-2H3. The summed E-state index contributed by atoms with van der Waals surface area (Å²) in [5.41, 5.74) is -6.93. The molecule has 0 aromatic rings. The predicted molar refractivity (Wildman–Crippen MR) is 195 cm³/mol. The number of aldehydes is 1. The largest absolute Gasteiger partial charge is 0.447 e. The highest BCUT2D eigenvalue weighted by atomic mass is 16.6. The SMILES string of the molecule is COCCCNCC1=CC2CC3(O)C4(CCCC15OC(=O)C=C5C24)CCC1C2(C=O)CCC(O)C4CCC(C(C)C5CCCC5)CC(C(O)C13O)C42O. The lowest BCUT2D eigenvalue weighted by molar-refractivity contribution is -0.375. The molecule has 2 bridgehead atoms. The highest BCUT2D eigenvalue weighted by Crippen LogP contribution is 2.78. The molecule has 0 amide bonds. The predicted octanol–water partition coefficient (Wildman–Crippen LogP) is 3.76. The first-order valence-corrected chi connectivity index (χ1v) is 21.2. The van der Waals surface area contributed by atoms with Gasteiger partial charge in [-0.05, 0) is 124 Å². The molecule has 10 nitrogen and oxygen atoms in total. The van der Waals surface area contributed by atoms with Gasteiger partial charge in [-0.3, -0.25) is 0 Å². The number of esters is 1. The topological polar surface area (TPSA) is 166 Å². The van der Waals surface area contributed by atoms with Crippen LogP contribution in [0.1, 0.15) is 110 Å². The number of allylic oxidation sites excluding steroid dienone is 1. The van der Waals surface area contributed by atoms with Crippen molar-refractivity contribution in [1.29, 1.82) is 0 Å². The third-order valence-corrected chi connectivity index (χ3v) is 18.1. The molecule has 7 fully saturated rings. The van der Waals surface area contributed by atoms with Gasteiger partial charge in [-0.2, -0.15) is 0 Å². The van der Waals surface area contributed by atoms with Crippen LogP contribution in [0.4, 0.5) is 0 Å². The Morgan fingerprint density at radius 2 is 1.75 bits per heavy atom. The van der Waals surface area contributed by atoms with E-state index >= 15 is 0 Å². The van der Waals surface area contributed by atoms with Crippen LogP contribution in [-0.2, 0) is 19.1 Å². The summed E-state index contributed by atoms with van der Waals surface area (Å²) in [6.07, 6.45) is 13.2. The van der Waals surface area contributed by atoms with Crippen LogP contribution in [0, 0.1) is 58.2 Å². The maximum Gasteiger partial charge on any atom is 0.332 e. The molecule has 1 heterocycles. The Hall–Kier alpha value is -1.66. The lowest BCUT2D eigenvalue weighted by Gasteiger charge is -2.73. The second-order valence-electron chi connectivity index (χ2n) is 19.4. The molecular weight excluding hydrogens is 674 g/mol. The fraction of sp³-hybridized carbons (Fsp3) is 0.860. The van der Waals surface area contributed by atoms with E-state index in [0.29, 0.717) is 76.4 Å². The van der Waals surface area contributed by atoms with Crippen molar-refractivity contribution in [2.24, 2.45) is 58.2 Å². The minimum absolute atomic E-state index is 0.148. The summed E-state index contributed by atoms with van der Waals surface area (Å²) >= 11 is 0. The molecule has 9 rings (SSSR count). The number of ether oxygens (including phenoxy) is 2. The molecule has 1 spiro atoms. The molecule has 8 aliphatic carbocycles. The maximum atomic E-state index is 14.0. The molecule has 294 valence electrons. The highest BCUT2D eigenvalue weighted by molar-refractivity contribution is 5.88. The van der Waals surface area contributed by atoms with Crippen molar-refractivity contribution in [2.75, 3.05) is 26.8 Å². The fourth-order valence-corrected chi connectivity index (χ4v) is 15.9. The zero-order chi connectivity index (χ0) is 37.2. The van der Waals surface area contributed by atoms with Gasteiger partial charge in [0.1, 0.15) is 17.5 Å².